The third-order valence-electron chi connectivity index (χ3n) is 5.03. The van der Waals surface area contributed by atoms with Gasteiger partial charge in [0.15, 0.2) is 11.8 Å². The summed E-state index contributed by atoms with van der Waals surface area (Å²) >= 11 is 0. The summed E-state index contributed by atoms with van der Waals surface area (Å²) in [6.07, 6.45) is -34.6. The molecule has 1 heterocycles. The van der Waals surface area contributed by atoms with Crippen LogP contribution in [0.25, 0.3) is 16.7 Å². The molecular weight excluding hydrogens is 571 g/mol. The summed E-state index contributed by atoms with van der Waals surface area (Å²) in [5.74, 6) is -2.36. The molecule has 0 amide bonds. The van der Waals surface area contributed by atoms with Gasteiger partial charge >= 0.3 is 36.6 Å². The van der Waals surface area contributed by atoms with Gasteiger partial charge in [-0.05, 0) is 18.6 Å². The highest BCUT2D eigenvalue weighted by molar-refractivity contribution is 5.78. The molecule has 0 saturated carbocycles. The summed E-state index contributed by atoms with van der Waals surface area (Å²) in [6, 6.07) is 3.13. The minimum atomic E-state index is -7.04. The van der Waals surface area contributed by atoms with E-state index in [9.17, 15) is 70.7 Å². The standard InChI is InChI=1S/C20H7F15NO2/c1-6-3-2-4-7-5-36(15(37)38-14(6)7)13-11(19(30,31)32)9(17(24,25)26)8(16(21,22)23)10(18(27,28)29)12(13)20(33,34)35/h2-5H,1H3/q+1. The van der Waals surface area contributed by atoms with E-state index in [-0.39, 0.29) is 11.8 Å². The molecule has 0 unspecified atom stereocenters. The molecule has 0 bridgehead atoms. The Balaban J connectivity index is 2.90. The number of para-hydroxylation sites is 1. The van der Waals surface area contributed by atoms with Gasteiger partial charge < -0.3 is 4.42 Å². The van der Waals surface area contributed by atoms with E-state index in [1.165, 1.54) is 13.0 Å². The molecule has 0 fully saturated rings. The number of rotatable bonds is 1. The van der Waals surface area contributed by atoms with E-state index in [0.717, 1.165) is 12.1 Å². The van der Waals surface area contributed by atoms with Crippen LogP contribution in [0.4, 0.5) is 65.9 Å². The van der Waals surface area contributed by atoms with Crippen LogP contribution in [0.15, 0.2) is 33.6 Å². The lowest BCUT2D eigenvalue weighted by Gasteiger charge is -2.27. The fourth-order valence-corrected chi connectivity index (χ4v) is 3.78. The Bertz CT molecular complexity index is 1420. The first-order valence-electron chi connectivity index (χ1n) is 9.44. The zero-order chi connectivity index (χ0) is 29.4. The van der Waals surface area contributed by atoms with E-state index in [1.807, 2.05) is 0 Å². The summed E-state index contributed by atoms with van der Waals surface area (Å²) in [5.41, 5.74) is -23.9. The molecule has 1 aromatic heterocycles. The minimum Gasteiger partial charge on any atom is -0.371 e. The highest BCUT2D eigenvalue weighted by atomic mass is 19.4. The summed E-state index contributed by atoms with van der Waals surface area (Å²) in [6.45, 7) is 1.21. The Morgan fingerprint density at radius 2 is 0.974 bits per heavy atom. The number of aromatic nitrogens is 1. The first-order valence-corrected chi connectivity index (χ1v) is 9.44. The zero-order valence-corrected chi connectivity index (χ0v) is 17.7. The third kappa shape index (κ3) is 4.99. The molecule has 18 heteroatoms. The number of halogens is 15. The maximum atomic E-state index is 13.9. The second-order valence-corrected chi connectivity index (χ2v) is 7.57. The van der Waals surface area contributed by atoms with E-state index >= 15 is 0 Å². The predicted molar refractivity (Wildman–Crippen MR) is 93.8 cm³/mol. The summed E-state index contributed by atoms with van der Waals surface area (Å²) in [7, 11) is 0. The number of nitrogens with zero attached hydrogens (tertiary/aromatic N) is 1. The van der Waals surface area contributed by atoms with Crippen molar-refractivity contribution < 1.29 is 74.8 Å². The Labute approximate surface area is 198 Å². The molecule has 0 spiro atoms. The summed E-state index contributed by atoms with van der Waals surface area (Å²) < 4.78 is 210. The van der Waals surface area contributed by atoms with Crippen LogP contribution in [0.2, 0.25) is 0 Å². The number of aryl methyl sites for hydroxylation is 1. The smallest absolute Gasteiger partial charge is 0.371 e. The normalized spacial score (nSPS) is 13.9. The van der Waals surface area contributed by atoms with Crippen molar-refractivity contribution in [2.45, 2.75) is 37.8 Å². The number of alkyl halides is 15. The van der Waals surface area contributed by atoms with Crippen LogP contribution < -0.4 is 10.3 Å². The molecule has 0 aliphatic heterocycles. The average molecular weight is 578 g/mol. The number of fused-ring (bicyclic) bond motifs is 1. The van der Waals surface area contributed by atoms with Crippen molar-refractivity contribution in [2.24, 2.45) is 0 Å². The second kappa shape index (κ2) is 8.52. The van der Waals surface area contributed by atoms with E-state index in [4.69, 9.17) is 0 Å². The van der Waals surface area contributed by atoms with Gasteiger partial charge in [-0.3, -0.25) is 0 Å². The lowest BCUT2D eigenvalue weighted by atomic mass is 9.87. The van der Waals surface area contributed by atoms with Gasteiger partial charge in [-0.25, -0.2) is 0 Å². The number of hydrogen-bond acceptors (Lipinski definition) is 2. The second-order valence-electron chi connectivity index (χ2n) is 7.57. The van der Waals surface area contributed by atoms with Crippen molar-refractivity contribution in [3.63, 3.8) is 0 Å². The average Bonchev–Trinajstić information content (AvgIpc) is 2.68. The van der Waals surface area contributed by atoms with E-state index < -0.39 is 85.7 Å². The highest BCUT2D eigenvalue weighted by Crippen LogP contribution is 2.56. The minimum absolute atomic E-state index is 0.0122. The molecule has 0 atom stereocenters. The topological polar surface area (TPSA) is 34.1 Å². The lowest BCUT2D eigenvalue weighted by Crippen LogP contribution is -2.51. The van der Waals surface area contributed by atoms with Gasteiger partial charge in [0.1, 0.15) is 11.1 Å². The van der Waals surface area contributed by atoms with Crippen molar-refractivity contribution >= 4 is 11.0 Å². The van der Waals surface area contributed by atoms with E-state index in [0.29, 0.717) is 0 Å². The van der Waals surface area contributed by atoms with Gasteiger partial charge in [-0.1, -0.05) is 16.7 Å². The fourth-order valence-electron chi connectivity index (χ4n) is 3.78. The lowest BCUT2D eigenvalue weighted by molar-refractivity contribution is -0.626. The molecule has 0 N–H and O–H groups in total. The predicted octanol–water partition coefficient (Wildman–Crippen LogP) is 7.47. The zero-order valence-electron chi connectivity index (χ0n) is 17.7. The molecule has 3 nitrogen and oxygen atoms in total. The quantitative estimate of drug-likeness (QED) is 0.222. The Kier molecular flexibility index (Phi) is 6.52. The molecular formula is C20H7F15NO2+. The third-order valence-corrected chi connectivity index (χ3v) is 5.03. The molecule has 0 aliphatic carbocycles. The summed E-state index contributed by atoms with van der Waals surface area (Å²) in [4.78, 5) is 12.4. The van der Waals surface area contributed by atoms with Crippen molar-refractivity contribution in [3.05, 3.63) is 68.3 Å². The molecule has 0 saturated heterocycles. The first-order chi connectivity index (χ1) is 16.9. The largest absolute Gasteiger partial charge is 0.608 e. The fraction of sp³-hybridized carbons (Fsp3) is 0.300. The van der Waals surface area contributed by atoms with Gasteiger partial charge in [0.2, 0.25) is 5.69 Å². The van der Waals surface area contributed by atoms with E-state index in [1.54, 1.807) is 0 Å². The van der Waals surface area contributed by atoms with Gasteiger partial charge in [-0.15, -0.1) is 0 Å². The molecule has 3 aromatic rings. The van der Waals surface area contributed by atoms with Crippen LogP contribution >= 0.6 is 0 Å². The van der Waals surface area contributed by atoms with Gasteiger partial charge in [0.25, 0.3) is 0 Å². The van der Waals surface area contributed by atoms with Crippen molar-refractivity contribution in [3.8, 4) is 5.69 Å². The maximum Gasteiger partial charge on any atom is 0.608 e. The van der Waals surface area contributed by atoms with Crippen LogP contribution in [0, 0.1) is 6.92 Å². The maximum absolute atomic E-state index is 13.9. The van der Waals surface area contributed by atoms with Crippen molar-refractivity contribution in [1.29, 1.82) is 0 Å². The molecule has 2 aromatic carbocycles. The van der Waals surface area contributed by atoms with E-state index in [2.05, 4.69) is 4.42 Å². The van der Waals surface area contributed by atoms with Crippen molar-refractivity contribution in [1.82, 2.24) is 0 Å². The SMILES string of the molecule is Cc1cccc2c[n+](-c3c(C(F)(F)F)c(C(F)(F)F)c(C(F)(F)F)c(C(F)(F)F)c3C(F)(F)F)c(=O)oc12. The number of benzene rings is 2. The monoisotopic (exact) mass is 578 g/mol. The number of hydrogen-bond donors (Lipinski definition) is 0. The summed E-state index contributed by atoms with van der Waals surface area (Å²) in [5, 5.41) is -0.590. The van der Waals surface area contributed by atoms with Crippen LogP contribution in [0.1, 0.15) is 33.4 Å². The van der Waals surface area contributed by atoms with Gasteiger partial charge in [0.05, 0.1) is 22.1 Å². The molecule has 208 valence electrons. The highest BCUT2D eigenvalue weighted by Gasteiger charge is 2.63. The molecule has 3 rings (SSSR count). The Morgan fingerprint density at radius 3 is 1.34 bits per heavy atom. The molecule has 38 heavy (non-hydrogen) atoms. The Hall–Kier alpha value is -3.47. The first kappa shape index (κ1) is 29.1. The molecule has 0 radical (unpaired) electrons. The Morgan fingerprint density at radius 1 is 0.605 bits per heavy atom. The van der Waals surface area contributed by atoms with Crippen molar-refractivity contribution in [2.75, 3.05) is 0 Å². The van der Waals surface area contributed by atoms with Gasteiger partial charge in [-0.2, -0.15) is 70.7 Å². The molecule has 0 aliphatic rings. The van der Waals surface area contributed by atoms with Crippen LogP contribution in [-0.2, 0) is 30.9 Å². The van der Waals surface area contributed by atoms with Crippen LogP contribution in [-0.4, -0.2) is 0 Å². The van der Waals surface area contributed by atoms with Crippen LogP contribution in [0.5, 0.6) is 0 Å². The van der Waals surface area contributed by atoms with Crippen LogP contribution in [0.3, 0.4) is 0 Å². The van der Waals surface area contributed by atoms with Gasteiger partial charge in [0, 0.05) is 0 Å².